The Kier molecular flexibility index (Phi) is 13.2. The Balaban J connectivity index is 0. The number of nitrogens with zero attached hydrogens (tertiary/aromatic N) is 2. The number of amides is 1. The average molecular weight is 400 g/mol. The van der Waals surface area contributed by atoms with E-state index in [-0.39, 0.29) is 42.5 Å². The van der Waals surface area contributed by atoms with Crippen LogP contribution < -0.4 is 10.6 Å². The molecule has 2 N–H and O–H groups in total. The molecule has 20 heavy (non-hydrogen) atoms. The topological polar surface area (TPSA) is 66.0 Å². The van der Waals surface area contributed by atoms with Crippen molar-refractivity contribution in [3.05, 3.63) is 0 Å². The van der Waals surface area contributed by atoms with Crippen molar-refractivity contribution >= 4 is 35.8 Å². The number of carbonyl (C=O) groups excluding carboxylic acids is 1. The number of guanidine groups is 1. The maximum Gasteiger partial charge on any atom is 0.243 e. The molecular formula is C13H29IN4O2. The molecule has 120 valence electrons. The molecule has 0 aromatic rings. The van der Waals surface area contributed by atoms with Gasteiger partial charge in [0.15, 0.2) is 5.96 Å². The summed E-state index contributed by atoms with van der Waals surface area (Å²) in [5, 5.41) is 6.43. The van der Waals surface area contributed by atoms with Crippen LogP contribution in [0.15, 0.2) is 4.99 Å². The Bertz CT molecular complexity index is 296. The lowest BCUT2D eigenvalue weighted by Gasteiger charge is -2.19. The van der Waals surface area contributed by atoms with Crippen LogP contribution in [0.25, 0.3) is 0 Å². The van der Waals surface area contributed by atoms with Gasteiger partial charge in [-0.3, -0.25) is 4.79 Å². The van der Waals surface area contributed by atoms with E-state index in [1.807, 2.05) is 6.92 Å². The van der Waals surface area contributed by atoms with Crippen molar-refractivity contribution in [3.8, 4) is 0 Å². The predicted octanol–water partition coefficient (Wildman–Crippen LogP) is 0.919. The SMILES string of the molecule is COCC(C)NC(=NCC(=O)N(C)C)NCC(C)C.I. The van der Waals surface area contributed by atoms with Crippen LogP contribution in [0.5, 0.6) is 0 Å². The van der Waals surface area contributed by atoms with Gasteiger partial charge in [0.05, 0.1) is 6.61 Å². The van der Waals surface area contributed by atoms with E-state index in [9.17, 15) is 4.79 Å². The highest BCUT2D eigenvalue weighted by molar-refractivity contribution is 14.0. The van der Waals surface area contributed by atoms with Crippen LogP contribution in [0.1, 0.15) is 20.8 Å². The monoisotopic (exact) mass is 400 g/mol. The van der Waals surface area contributed by atoms with Crippen LogP contribution in [0.4, 0.5) is 0 Å². The van der Waals surface area contributed by atoms with Crippen LogP contribution >= 0.6 is 24.0 Å². The van der Waals surface area contributed by atoms with Crippen LogP contribution in [-0.4, -0.2) is 63.7 Å². The van der Waals surface area contributed by atoms with Crippen LogP contribution in [0.3, 0.4) is 0 Å². The predicted molar refractivity (Wildman–Crippen MR) is 93.7 cm³/mol. The quantitative estimate of drug-likeness (QED) is 0.379. The van der Waals surface area contributed by atoms with Gasteiger partial charge < -0.3 is 20.3 Å². The van der Waals surface area contributed by atoms with Gasteiger partial charge in [0, 0.05) is 33.8 Å². The molecule has 0 saturated carbocycles. The van der Waals surface area contributed by atoms with E-state index in [1.54, 1.807) is 21.2 Å². The highest BCUT2D eigenvalue weighted by Crippen LogP contribution is 1.89. The third kappa shape index (κ3) is 11.3. The molecule has 6 nitrogen and oxygen atoms in total. The maximum absolute atomic E-state index is 11.5. The van der Waals surface area contributed by atoms with Gasteiger partial charge in [-0.05, 0) is 12.8 Å². The van der Waals surface area contributed by atoms with Gasteiger partial charge in [-0.25, -0.2) is 4.99 Å². The summed E-state index contributed by atoms with van der Waals surface area (Å²) in [6, 6.07) is 0.137. The molecule has 1 atom stereocenters. The molecular weight excluding hydrogens is 371 g/mol. The minimum atomic E-state index is -0.0231. The first kappa shape index (κ1) is 21.7. The van der Waals surface area contributed by atoms with Crippen molar-refractivity contribution in [2.75, 3.05) is 40.9 Å². The number of hydrogen-bond donors (Lipinski definition) is 2. The van der Waals surface area contributed by atoms with Gasteiger partial charge >= 0.3 is 0 Å². The molecule has 0 saturated heterocycles. The molecule has 1 unspecified atom stereocenters. The minimum absolute atomic E-state index is 0. The molecule has 0 spiro atoms. The lowest BCUT2D eigenvalue weighted by Crippen LogP contribution is -2.45. The summed E-state index contributed by atoms with van der Waals surface area (Å²) < 4.78 is 5.07. The van der Waals surface area contributed by atoms with Gasteiger partial charge in [0.25, 0.3) is 0 Å². The maximum atomic E-state index is 11.5. The van der Waals surface area contributed by atoms with Crippen molar-refractivity contribution < 1.29 is 9.53 Å². The van der Waals surface area contributed by atoms with Crippen molar-refractivity contribution in [3.63, 3.8) is 0 Å². The number of methoxy groups -OCH3 is 1. The number of aliphatic imine (C=N–C) groups is 1. The van der Waals surface area contributed by atoms with E-state index in [4.69, 9.17) is 4.74 Å². The number of likely N-dealkylation sites (N-methyl/N-ethyl adjacent to an activating group) is 1. The number of rotatable bonds is 7. The fourth-order valence-corrected chi connectivity index (χ4v) is 1.27. The fourth-order valence-electron chi connectivity index (χ4n) is 1.27. The smallest absolute Gasteiger partial charge is 0.243 e. The lowest BCUT2D eigenvalue weighted by atomic mass is 10.2. The molecule has 0 aromatic heterocycles. The largest absolute Gasteiger partial charge is 0.383 e. The third-order valence-corrected chi connectivity index (χ3v) is 2.35. The Morgan fingerprint density at radius 2 is 1.90 bits per heavy atom. The Morgan fingerprint density at radius 1 is 1.30 bits per heavy atom. The molecule has 0 aliphatic carbocycles. The summed E-state index contributed by atoms with van der Waals surface area (Å²) in [7, 11) is 5.10. The standard InChI is InChI=1S/C13H28N4O2.HI/c1-10(2)7-14-13(16-11(3)9-19-6)15-8-12(18)17(4)5;/h10-11H,7-9H2,1-6H3,(H2,14,15,16);1H. The van der Waals surface area contributed by atoms with Gasteiger partial charge in [0.2, 0.25) is 5.91 Å². The Labute approximate surface area is 139 Å². The lowest BCUT2D eigenvalue weighted by molar-refractivity contribution is -0.127. The van der Waals surface area contributed by atoms with E-state index in [2.05, 4.69) is 29.5 Å². The zero-order valence-electron chi connectivity index (χ0n) is 13.4. The first-order chi connectivity index (χ1) is 8.86. The summed E-state index contributed by atoms with van der Waals surface area (Å²) in [5.74, 6) is 1.13. The Morgan fingerprint density at radius 3 is 2.35 bits per heavy atom. The molecule has 0 fully saturated rings. The molecule has 7 heteroatoms. The zero-order valence-corrected chi connectivity index (χ0v) is 15.7. The second-order valence-corrected chi connectivity index (χ2v) is 5.23. The highest BCUT2D eigenvalue weighted by Gasteiger charge is 2.08. The summed E-state index contributed by atoms with van der Waals surface area (Å²) in [4.78, 5) is 17.4. The van der Waals surface area contributed by atoms with Crippen LogP contribution in [0.2, 0.25) is 0 Å². The van der Waals surface area contributed by atoms with Gasteiger partial charge in [-0.1, -0.05) is 13.8 Å². The molecule has 0 heterocycles. The van der Waals surface area contributed by atoms with E-state index in [0.29, 0.717) is 18.5 Å². The number of halogens is 1. The number of ether oxygens (including phenoxy) is 1. The van der Waals surface area contributed by atoms with Gasteiger partial charge in [0.1, 0.15) is 6.54 Å². The van der Waals surface area contributed by atoms with Gasteiger partial charge in [-0.2, -0.15) is 0 Å². The summed E-state index contributed by atoms with van der Waals surface area (Å²) in [6.45, 7) is 7.78. The average Bonchev–Trinajstić information content (AvgIpc) is 2.32. The van der Waals surface area contributed by atoms with Crippen molar-refractivity contribution in [1.29, 1.82) is 0 Å². The molecule has 0 bridgehead atoms. The second-order valence-electron chi connectivity index (χ2n) is 5.23. The summed E-state index contributed by atoms with van der Waals surface area (Å²) in [6.07, 6.45) is 0. The van der Waals surface area contributed by atoms with E-state index in [0.717, 1.165) is 6.54 Å². The fraction of sp³-hybridized carbons (Fsp3) is 0.846. The third-order valence-electron chi connectivity index (χ3n) is 2.35. The van der Waals surface area contributed by atoms with Crippen molar-refractivity contribution in [2.24, 2.45) is 10.9 Å². The van der Waals surface area contributed by atoms with Crippen LogP contribution in [-0.2, 0) is 9.53 Å². The molecule has 0 radical (unpaired) electrons. The first-order valence-electron chi connectivity index (χ1n) is 6.60. The Hall–Kier alpha value is -0.570. The molecule has 0 rings (SSSR count). The number of hydrogen-bond acceptors (Lipinski definition) is 3. The molecule has 0 aliphatic rings. The second kappa shape index (κ2) is 12.2. The first-order valence-corrected chi connectivity index (χ1v) is 6.60. The van der Waals surface area contributed by atoms with E-state index < -0.39 is 0 Å². The zero-order chi connectivity index (χ0) is 14.8. The molecule has 1 amide bonds. The van der Waals surface area contributed by atoms with Gasteiger partial charge in [-0.15, -0.1) is 24.0 Å². The van der Waals surface area contributed by atoms with Crippen molar-refractivity contribution in [2.45, 2.75) is 26.8 Å². The highest BCUT2D eigenvalue weighted by atomic mass is 127. The molecule has 0 aromatic carbocycles. The number of carbonyl (C=O) groups is 1. The normalized spacial score (nSPS) is 12.7. The summed E-state index contributed by atoms with van der Waals surface area (Å²) in [5.41, 5.74) is 0. The van der Waals surface area contributed by atoms with Crippen LogP contribution in [0, 0.1) is 5.92 Å². The minimum Gasteiger partial charge on any atom is -0.383 e. The number of nitrogens with one attached hydrogen (secondary N) is 2. The van der Waals surface area contributed by atoms with E-state index in [1.165, 1.54) is 4.90 Å². The summed E-state index contributed by atoms with van der Waals surface area (Å²) >= 11 is 0. The van der Waals surface area contributed by atoms with E-state index >= 15 is 0 Å². The van der Waals surface area contributed by atoms with Crippen molar-refractivity contribution in [1.82, 2.24) is 15.5 Å². The molecule has 0 aliphatic heterocycles.